The van der Waals surface area contributed by atoms with E-state index in [0.29, 0.717) is 12.8 Å². The van der Waals surface area contributed by atoms with Gasteiger partial charge in [-0.2, -0.15) is 0 Å². The van der Waals surface area contributed by atoms with Crippen LogP contribution in [0.4, 0.5) is 8.78 Å². The van der Waals surface area contributed by atoms with E-state index in [1.54, 1.807) is 0 Å². The lowest BCUT2D eigenvalue weighted by Crippen LogP contribution is -2.25. The van der Waals surface area contributed by atoms with Gasteiger partial charge >= 0.3 is 0 Å². The second-order valence-electron chi connectivity index (χ2n) is 4.31. The predicted octanol–water partition coefficient (Wildman–Crippen LogP) is 2.92. The predicted molar refractivity (Wildman–Crippen MR) is 58.2 cm³/mol. The van der Waals surface area contributed by atoms with Crippen molar-refractivity contribution < 1.29 is 8.78 Å². The van der Waals surface area contributed by atoms with Crippen LogP contribution in [0.25, 0.3) is 0 Å². The smallest absolute Gasteiger partial charge is 0.248 e. The number of aliphatic imine (C=N–C) groups is 1. The minimum absolute atomic E-state index is 0.0298. The Labute approximate surface area is 89.7 Å². The molecule has 0 aromatic heterocycles. The van der Waals surface area contributed by atoms with E-state index < -0.39 is 5.92 Å². The van der Waals surface area contributed by atoms with Crippen LogP contribution in [-0.4, -0.2) is 31.6 Å². The number of nitrogens with zero attached hydrogens (tertiary/aromatic N) is 2. The molecule has 0 N–H and O–H groups in total. The minimum Gasteiger partial charge on any atom is -0.382 e. The van der Waals surface area contributed by atoms with Gasteiger partial charge in [0.1, 0.15) is 0 Å². The zero-order valence-electron chi connectivity index (χ0n) is 9.34. The van der Waals surface area contributed by atoms with Crippen LogP contribution in [-0.2, 0) is 0 Å². The van der Waals surface area contributed by atoms with Crippen LogP contribution >= 0.6 is 0 Å². The fourth-order valence-electron chi connectivity index (χ4n) is 1.88. The van der Waals surface area contributed by atoms with Crippen molar-refractivity contribution in [2.24, 2.45) is 10.9 Å². The minimum atomic E-state index is -2.47. The van der Waals surface area contributed by atoms with E-state index in [1.165, 1.54) is 0 Å². The van der Waals surface area contributed by atoms with Crippen molar-refractivity contribution in [3.8, 4) is 0 Å². The first-order chi connectivity index (χ1) is 6.94. The fraction of sp³-hybridized carbons (Fsp3) is 0.727. The van der Waals surface area contributed by atoms with Gasteiger partial charge in [0.2, 0.25) is 5.92 Å². The van der Waals surface area contributed by atoms with Crippen molar-refractivity contribution in [1.29, 1.82) is 0 Å². The number of rotatable bonds is 3. The van der Waals surface area contributed by atoms with Gasteiger partial charge in [0.05, 0.1) is 5.70 Å². The highest BCUT2D eigenvalue weighted by atomic mass is 19.3. The van der Waals surface area contributed by atoms with E-state index in [1.807, 2.05) is 25.2 Å². The van der Waals surface area contributed by atoms with Crippen LogP contribution < -0.4 is 0 Å². The number of allylic oxidation sites excluding steroid dienone is 1. The molecule has 86 valence electrons. The van der Waals surface area contributed by atoms with E-state index in [-0.39, 0.29) is 18.8 Å². The highest BCUT2D eigenvalue weighted by Crippen LogP contribution is 2.39. The molecule has 1 saturated carbocycles. The van der Waals surface area contributed by atoms with Gasteiger partial charge in [-0.25, -0.2) is 8.78 Å². The summed E-state index contributed by atoms with van der Waals surface area (Å²) < 4.78 is 25.9. The molecule has 1 aliphatic carbocycles. The Balaban J connectivity index is 2.62. The van der Waals surface area contributed by atoms with Crippen LogP contribution in [0, 0.1) is 5.92 Å². The van der Waals surface area contributed by atoms with Gasteiger partial charge in [-0.3, -0.25) is 4.99 Å². The summed E-state index contributed by atoms with van der Waals surface area (Å²) >= 11 is 0. The molecule has 4 heteroatoms. The maximum atomic E-state index is 12.9. The normalized spacial score (nSPS) is 22.5. The van der Waals surface area contributed by atoms with E-state index in [9.17, 15) is 8.78 Å². The van der Waals surface area contributed by atoms with Crippen LogP contribution in [0.5, 0.6) is 0 Å². The molecule has 0 saturated heterocycles. The van der Waals surface area contributed by atoms with Crippen molar-refractivity contribution in [2.75, 3.05) is 14.1 Å². The first-order valence-electron chi connectivity index (χ1n) is 5.17. The van der Waals surface area contributed by atoms with Gasteiger partial charge in [0.15, 0.2) is 0 Å². The van der Waals surface area contributed by atoms with Crippen LogP contribution in [0.2, 0.25) is 0 Å². The quantitative estimate of drug-likeness (QED) is 0.662. The van der Waals surface area contributed by atoms with E-state index in [4.69, 9.17) is 0 Å². The van der Waals surface area contributed by atoms with Crippen molar-refractivity contribution in [3.63, 3.8) is 0 Å². The lowest BCUT2D eigenvalue weighted by Gasteiger charge is -2.28. The summed E-state index contributed by atoms with van der Waals surface area (Å²) in [6, 6.07) is 0. The van der Waals surface area contributed by atoms with Crippen LogP contribution in [0.1, 0.15) is 25.7 Å². The second-order valence-corrected chi connectivity index (χ2v) is 4.31. The molecule has 0 aliphatic heterocycles. The topological polar surface area (TPSA) is 15.6 Å². The molecular formula is C11H18F2N2. The summed E-state index contributed by atoms with van der Waals surface area (Å²) in [6.07, 6.45) is 2.81. The van der Waals surface area contributed by atoms with E-state index in [2.05, 4.69) is 11.7 Å². The fourth-order valence-corrected chi connectivity index (χ4v) is 1.88. The maximum absolute atomic E-state index is 12.9. The van der Waals surface area contributed by atoms with Gasteiger partial charge in [-0.05, 0) is 19.6 Å². The SMILES string of the molecule is C=N/C(=C\N(C)C)C1CCC(F)(F)CC1. The largest absolute Gasteiger partial charge is 0.382 e. The van der Waals surface area contributed by atoms with Gasteiger partial charge in [-0.15, -0.1) is 0 Å². The third-order valence-electron chi connectivity index (χ3n) is 2.71. The number of hydrogen-bond acceptors (Lipinski definition) is 2. The number of hydrogen-bond donors (Lipinski definition) is 0. The summed E-state index contributed by atoms with van der Waals surface area (Å²) in [4.78, 5) is 5.80. The molecule has 0 aromatic rings. The average molecular weight is 216 g/mol. The Kier molecular flexibility index (Phi) is 3.83. The molecule has 0 unspecified atom stereocenters. The van der Waals surface area contributed by atoms with Gasteiger partial charge in [-0.1, -0.05) is 0 Å². The molecule has 0 amide bonds. The van der Waals surface area contributed by atoms with Crippen molar-refractivity contribution in [1.82, 2.24) is 4.90 Å². The maximum Gasteiger partial charge on any atom is 0.248 e. The summed E-state index contributed by atoms with van der Waals surface area (Å²) in [6.45, 7) is 3.49. The van der Waals surface area contributed by atoms with E-state index in [0.717, 1.165) is 5.70 Å². The summed E-state index contributed by atoms with van der Waals surface area (Å²) in [7, 11) is 3.78. The monoisotopic (exact) mass is 216 g/mol. The standard InChI is InChI=1S/C11H18F2N2/c1-14-10(8-15(2)3)9-4-6-11(12,13)7-5-9/h8-9H,1,4-7H2,2-3H3/b10-8-. The molecule has 1 rings (SSSR count). The lowest BCUT2D eigenvalue weighted by atomic mass is 9.85. The molecule has 0 atom stereocenters. The second kappa shape index (κ2) is 4.73. The highest BCUT2D eigenvalue weighted by Gasteiger charge is 2.35. The molecule has 0 radical (unpaired) electrons. The Morgan fingerprint density at radius 2 is 1.93 bits per heavy atom. The van der Waals surface area contributed by atoms with Crippen LogP contribution in [0.15, 0.2) is 16.9 Å². The summed E-state index contributed by atoms with van der Waals surface area (Å²) in [5, 5.41) is 0. The Hall–Kier alpha value is -0.930. The van der Waals surface area contributed by atoms with Gasteiger partial charge in [0.25, 0.3) is 0 Å². The number of halogens is 2. The lowest BCUT2D eigenvalue weighted by molar-refractivity contribution is -0.0422. The average Bonchev–Trinajstić information content (AvgIpc) is 2.14. The third-order valence-corrected chi connectivity index (χ3v) is 2.71. The molecule has 1 aliphatic rings. The molecule has 0 heterocycles. The molecule has 2 nitrogen and oxygen atoms in total. The zero-order chi connectivity index (χ0) is 11.5. The van der Waals surface area contributed by atoms with Crippen molar-refractivity contribution in [2.45, 2.75) is 31.6 Å². The highest BCUT2D eigenvalue weighted by molar-refractivity contribution is 5.29. The zero-order valence-corrected chi connectivity index (χ0v) is 9.34. The Morgan fingerprint density at radius 3 is 2.33 bits per heavy atom. The van der Waals surface area contributed by atoms with Crippen LogP contribution in [0.3, 0.4) is 0 Å². The molecule has 15 heavy (non-hydrogen) atoms. The Bertz CT molecular complexity index is 249. The number of alkyl halides is 2. The van der Waals surface area contributed by atoms with Gasteiger partial charge in [0, 0.05) is 39.1 Å². The first-order valence-corrected chi connectivity index (χ1v) is 5.17. The molecule has 0 bridgehead atoms. The summed E-state index contributed by atoms with van der Waals surface area (Å²) in [5.41, 5.74) is 0.829. The van der Waals surface area contributed by atoms with E-state index >= 15 is 0 Å². The molecule has 1 fully saturated rings. The molecular weight excluding hydrogens is 198 g/mol. The van der Waals surface area contributed by atoms with Gasteiger partial charge < -0.3 is 4.90 Å². The third kappa shape index (κ3) is 3.61. The Morgan fingerprint density at radius 1 is 1.40 bits per heavy atom. The molecule has 0 aromatic carbocycles. The summed E-state index contributed by atoms with van der Waals surface area (Å²) in [5.74, 6) is -2.33. The van der Waals surface area contributed by atoms with Crippen molar-refractivity contribution in [3.05, 3.63) is 11.9 Å². The first kappa shape index (κ1) is 12.1. The molecule has 0 spiro atoms. The van der Waals surface area contributed by atoms with Crippen molar-refractivity contribution >= 4 is 6.72 Å².